The highest BCUT2D eigenvalue weighted by molar-refractivity contribution is 5.91. The van der Waals surface area contributed by atoms with E-state index in [9.17, 15) is 14.0 Å². The number of carbonyl (C=O) groups excluding carboxylic acids is 2. The molecule has 4 rings (SSSR count). The van der Waals surface area contributed by atoms with Gasteiger partial charge >= 0.3 is 6.09 Å². The first-order chi connectivity index (χ1) is 14.6. The van der Waals surface area contributed by atoms with Gasteiger partial charge in [-0.25, -0.2) is 19.2 Å². The molecule has 0 aliphatic carbocycles. The Kier molecular flexibility index (Phi) is 5.72. The van der Waals surface area contributed by atoms with E-state index in [2.05, 4.69) is 9.97 Å². The van der Waals surface area contributed by atoms with E-state index in [1.54, 1.807) is 17.0 Å². The van der Waals surface area contributed by atoms with Gasteiger partial charge in [-0.3, -0.25) is 19.5 Å². The molecule has 2 aliphatic heterocycles. The summed E-state index contributed by atoms with van der Waals surface area (Å²) >= 11 is 0. The topological polar surface area (TPSA) is 114 Å². The quantitative estimate of drug-likeness (QED) is 0.778. The molecule has 2 aliphatic rings. The van der Waals surface area contributed by atoms with Crippen molar-refractivity contribution in [3.8, 4) is 0 Å². The average molecular weight is 416 g/mol. The molecule has 11 heteroatoms. The summed E-state index contributed by atoms with van der Waals surface area (Å²) in [5.41, 5.74) is 6.48. The molecule has 0 spiro atoms. The zero-order chi connectivity index (χ0) is 21.1. The highest BCUT2D eigenvalue weighted by Gasteiger charge is 2.32. The molecule has 3 heterocycles. The number of carbonyl (C=O) groups is 2. The molecule has 1 atom stereocenters. The fourth-order valence-corrected chi connectivity index (χ4v) is 3.36. The van der Waals surface area contributed by atoms with Crippen LogP contribution in [0, 0.1) is 5.82 Å². The first-order valence-corrected chi connectivity index (χ1v) is 9.50. The monoisotopic (exact) mass is 416 g/mol. The van der Waals surface area contributed by atoms with Crippen molar-refractivity contribution >= 4 is 23.4 Å². The van der Waals surface area contributed by atoms with Gasteiger partial charge in [-0.1, -0.05) is 0 Å². The number of benzene rings is 1. The van der Waals surface area contributed by atoms with Crippen molar-refractivity contribution in [3.63, 3.8) is 0 Å². The van der Waals surface area contributed by atoms with Crippen LogP contribution in [-0.4, -0.2) is 72.5 Å². The summed E-state index contributed by atoms with van der Waals surface area (Å²) in [4.78, 5) is 41.0. The number of hydrogen-bond acceptors (Lipinski definition) is 8. The number of ether oxygens (including phenoxy) is 1. The number of amides is 2. The molecule has 2 aromatic rings. The fourth-order valence-electron chi connectivity index (χ4n) is 3.36. The number of hydroxylamine groups is 2. The number of rotatable bonds is 4. The molecular formula is C19H21FN6O4. The third-order valence-corrected chi connectivity index (χ3v) is 4.91. The van der Waals surface area contributed by atoms with Crippen molar-refractivity contribution in [1.29, 1.82) is 0 Å². The molecule has 1 aromatic heterocycles. The van der Waals surface area contributed by atoms with Crippen LogP contribution in [0.4, 0.5) is 20.6 Å². The predicted octanol–water partition coefficient (Wildman–Crippen LogP) is 0.794. The van der Waals surface area contributed by atoms with E-state index >= 15 is 0 Å². The van der Waals surface area contributed by atoms with Crippen LogP contribution in [-0.2, 0) is 9.57 Å². The Morgan fingerprint density at radius 2 is 2.13 bits per heavy atom. The minimum absolute atomic E-state index is 0.176. The molecule has 2 amide bonds. The third-order valence-electron chi connectivity index (χ3n) is 4.91. The SMILES string of the molecule is NC[C@H]1CN(c2ccc(N3CCON(C(=O)c4cnccn4)CC3)c(F)c2)C(=O)O1. The van der Waals surface area contributed by atoms with Gasteiger partial charge in [0.05, 0.1) is 37.3 Å². The summed E-state index contributed by atoms with van der Waals surface area (Å²) in [7, 11) is 0. The molecule has 158 valence electrons. The number of aromatic nitrogens is 2. The normalized spacial score (nSPS) is 19.6. The molecule has 1 aromatic carbocycles. The van der Waals surface area contributed by atoms with Crippen LogP contribution in [0.3, 0.4) is 0 Å². The maximum absolute atomic E-state index is 14.9. The summed E-state index contributed by atoms with van der Waals surface area (Å²) in [6.45, 7) is 1.67. The first-order valence-electron chi connectivity index (χ1n) is 9.50. The lowest BCUT2D eigenvalue weighted by Gasteiger charge is -2.23. The van der Waals surface area contributed by atoms with E-state index in [-0.39, 0.29) is 31.9 Å². The molecule has 0 radical (unpaired) electrons. The number of nitrogens with two attached hydrogens (primary N) is 1. The molecule has 0 bridgehead atoms. The minimum Gasteiger partial charge on any atom is -0.443 e. The zero-order valence-electron chi connectivity index (χ0n) is 16.1. The second kappa shape index (κ2) is 8.59. The summed E-state index contributed by atoms with van der Waals surface area (Å²) in [6, 6.07) is 4.56. The van der Waals surface area contributed by atoms with E-state index in [1.165, 1.54) is 34.6 Å². The highest BCUT2D eigenvalue weighted by Crippen LogP contribution is 2.28. The second-order valence-electron chi connectivity index (χ2n) is 6.81. The van der Waals surface area contributed by atoms with Crippen LogP contribution in [0.2, 0.25) is 0 Å². The van der Waals surface area contributed by atoms with E-state index in [1.807, 2.05) is 0 Å². The van der Waals surface area contributed by atoms with Crippen molar-refractivity contribution in [2.75, 3.05) is 49.1 Å². The number of cyclic esters (lactones) is 1. The van der Waals surface area contributed by atoms with Gasteiger partial charge in [-0.2, -0.15) is 0 Å². The Hall–Kier alpha value is -3.31. The van der Waals surface area contributed by atoms with Crippen molar-refractivity contribution in [2.24, 2.45) is 5.73 Å². The maximum atomic E-state index is 14.9. The largest absolute Gasteiger partial charge is 0.443 e. The molecular weight excluding hydrogens is 395 g/mol. The van der Waals surface area contributed by atoms with Crippen molar-refractivity contribution in [1.82, 2.24) is 15.0 Å². The van der Waals surface area contributed by atoms with E-state index in [4.69, 9.17) is 15.3 Å². The van der Waals surface area contributed by atoms with Gasteiger partial charge in [-0.15, -0.1) is 0 Å². The Labute approximate surface area is 171 Å². The molecule has 2 N–H and O–H groups in total. The number of halogens is 1. The van der Waals surface area contributed by atoms with Crippen LogP contribution in [0.1, 0.15) is 10.5 Å². The summed E-state index contributed by atoms with van der Waals surface area (Å²) in [6.07, 6.45) is 3.33. The van der Waals surface area contributed by atoms with Crippen LogP contribution in [0.5, 0.6) is 0 Å². The van der Waals surface area contributed by atoms with Gasteiger partial charge in [-0.05, 0) is 18.2 Å². The Balaban J connectivity index is 1.44. The fraction of sp³-hybridized carbons (Fsp3) is 0.368. The van der Waals surface area contributed by atoms with E-state index < -0.39 is 23.9 Å². The molecule has 30 heavy (non-hydrogen) atoms. The highest BCUT2D eigenvalue weighted by atomic mass is 19.1. The van der Waals surface area contributed by atoms with Crippen LogP contribution >= 0.6 is 0 Å². The van der Waals surface area contributed by atoms with Gasteiger partial charge < -0.3 is 15.4 Å². The van der Waals surface area contributed by atoms with Crippen LogP contribution in [0.25, 0.3) is 0 Å². The van der Waals surface area contributed by atoms with Gasteiger partial charge in [0, 0.05) is 32.0 Å². The van der Waals surface area contributed by atoms with Crippen LogP contribution in [0.15, 0.2) is 36.8 Å². The molecule has 0 unspecified atom stereocenters. The van der Waals surface area contributed by atoms with Gasteiger partial charge in [0.15, 0.2) is 0 Å². The van der Waals surface area contributed by atoms with Gasteiger partial charge in [0.2, 0.25) is 0 Å². The zero-order valence-corrected chi connectivity index (χ0v) is 16.1. The lowest BCUT2D eigenvalue weighted by molar-refractivity contribution is -0.112. The minimum atomic E-state index is -0.543. The predicted molar refractivity (Wildman–Crippen MR) is 104 cm³/mol. The summed E-state index contributed by atoms with van der Waals surface area (Å²) in [5.74, 6) is -0.882. The molecule has 2 fully saturated rings. The number of nitrogens with zero attached hydrogens (tertiary/aromatic N) is 5. The summed E-state index contributed by atoms with van der Waals surface area (Å²) < 4.78 is 20.0. The molecule has 10 nitrogen and oxygen atoms in total. The Morgan fingerprint density at radius 1 is 1.27 bits per heavy atom. The lowest BCUT2D eigenvalue weighted by atomic mass is 10.2. The average Bonchev–Trinajstić information content (AvgIpc) is 2.98. The summed E-state index contributed by atoms with van der Waals surface area (Å²) in [5, 5.41) is 1.21. The number of anilines is 2. The van der Waals surface area contributed by atoms with Crippen molar-refractivity contribution < 1.29 is 23.6 Å². The standard InChI is InChI=1S/C19H21FN6O4/c20-15-9-13(25-12-14(10-21)30-19(25)28)1-2-17(15)24-5-6-26(29-8-7-24)18(27)16-11-22-3-4-23-16/h1-4,9,11,14H,5-8,10,12,21H2/t14-/m0/s1. The maximum Gasteiger partial charge on any atom is 0.414 e. The Morgan fingerprint density at radius 3 is 2.83 bits per heavy atom. The van der Waals surface area contributed by atoms with Crippen molar-refractivity contribution in [2.45, 2.75) is 6.10 Å². The smallest absolute Gasteiger partial charge is 0.414 e. The lowest BCUT2D eigenvalue weighted by Crippen LogP contribution is -2.35. The molecule has 0 saturated carbocycles. The Bertz CT molecular complexity index is 930. The van der Waals surface area contributed by atoms with E-state index in [0.717, 1.165) is 0 Å². The van der Waals surface area contributed by atoms with E-state index in [0.29, 0.717) is 24.5 Å². The van der Waals surface area contributed by atoms with Crippen molar-refractivity contribution in [3.05, 3.63) is 48.3 Å². The second-order valence-corrected chi connectivity index (χ2v) is 6.81. The van der Waals surface area contributed by atoms with Gasteiger partial charge in [0.25, 0.3) is 5.91 Å². The first kappa shape index (κ1) is 20.0. The number of hydrogen-bond donors (Lipinski definition) is 1. The third kappa shape index (κ3) is 4.02. The van der Waals surface area contributed by atoms with Gasteiger partial charge in [0.1, 0.15) is 17.6 Å². The molecule has 2 saturated heterocycles. The van der Waals surface area contributed by atoms with Crippen LogP contribution < -0.4 is 15.5 Å².